The zero-order valence-electron chi connectivity index (χ0n) is 62.7. The maximum atomic E-state index is 2.74. The summed E-state index contributed by atoms with van der Waals surface area (Å²) >= 11 is 1.88. The lowest BCUT2D eigenvalue weighted by Crippen LogP contribution is -2.61. The highest BCUT2D eigenvalue weighted by Gasteiger charge is 2.46. The molecule has 23 rings (SSSR count). The molecule has 19 aromatic carbocycles. The first kappa shape index (κ1) is 66.2. The highest BCUT2D eigenvalue weighted by atomic mass is 32.1. The Morgan fingerprint density at radius 2 is 0.583 bits per heavy atom. The third kappa shape index (κ3) is 10.7. The van der Waals surface area contributed by atoms with E-state index in [-0.39, 0.29) is 6.71 Å². The van der Waals surface area contributed by atoms with Gasteiger partial charge in [0.15, 0.2) is 0 Å². The molecule has 0 aliphatic carbocycles. The quantitative estimate of drug-likeness (QED) is 0.0892. The summed E-state index contributed by atoms with van der Waals surface area (Å²) in [6.07, 6.45) is 0. The smallest absolute Gasteiger partial charge is 0.252 e. The molecule has 2 aromatic heterocycles. The van der Waals surface area contributed by atoms with Crippen LogP contribution in [-0.2, 0) is 0 Å². The number of aromatic nitrogens is 1. The zero-order chi connectivity index (χ0) is 75.6. The molecular formula is C110H70BN3S. The number of fused-ring (bicyclic) bond motifs is 12. The van der Waals surface area contributed by atoms with Gasteiger partial charge in [-0.1, -0.05) is 352 Å². The molecule has 21 aromatic rings. The Balaban J connectivity index is 0.926. The number of hydrogen-bond donors (Lipinski definition) is 0. The Kier molecular flexibility index (Phi) is 15.6. The third-order valence-corrected chi connectivity index (χ3v) is 25.2. The predicted molar refractivity (Wildman–Crippen MR) is 492 cm³/mol. The second-order valence-electron chi connectivity index (χ2n) is 30.4. The summed E-state index contributed by atoms with van der Waals surface area (Å²) in [5.41, 5.74) is 34.0. The van der Waals surface area contributed by atoms with E-state index in [0.29, 0.717) is 0 Å². The number of anilines is 6. The standard InChI is InChI=1S/C110H70BN3S/c1-8-33-71(34-9-1)80-63-91(73-37-12-3-13-38-73)109(92(64-80)74-39-14-4-15-40-74)113-99-62-60-78(83-54-32-58-104-107(83)90-53-28-31-57-103(90)115-104)67-96(99)111-95-61-59-79(106-88-51-24-22-49-86(88)105(77-45-20-7-21-46-77)87-50-23-25-52-89(87)106)68-100(95)114(102-70-82(69-101(113)108(102)111)112-97-55-29-26-47-84(97)85-48-27-30-56-98(85)112)110-93(75-41-16-5-17-42-75)65-81(72-35-10-2-11-36-72)66-94(110)76-43-18-6-19-44-76/h1-70H. The number of thiophene rings is 1. The Bertz CT molecular complexity index is 7210. The molecule has 115 heavy (non-hydrogen) atoms. The summed E-state index contributed by atoms with van der Waals surface area (Å²) in [6, 6.07) is 160. The van der Waals surface area contributed by atoms with Gasteiger partial charge in [0, 0.05) is 75.9 Å². The average Bonchev–Trinajstić information content (AvgIpc) is 1.11. The molecule has 0 unspecified atom stereocenters. The molecule has 2 aliphatic heterocycles. The zero-order valence-corrected chi connectivity index (χ0v) is 63.6. The monoisotopic (exact) mass is 1480 g/mol. The number of benzene rings is 19. The van der Waals surface area contributed by atoms with Crippen molar-refractivity contribution in [3.05, 3.63) is 425 Å². The van der Waals surface area contributed by atoms with Crippen molar-refractivity contribution in [2.45, 2.75) is 0 Å². The van der Waals surface area contributed by atoms with Crippen molar-refractivity contribution < 1.29 is 0 Å². The normalized spacial score (nSPS) is 12.3. The van der Waals surface area contributed by atoms with Gasteiger partial charge in [0.2, 0.25) is 0 Å². The van der Waals surface area contributed by atoms with Crippen molar-refractivity contribution in [2.24, 2.45) is 0 Å². The van der Waals surface area contributed by atoms with Crippen LogP contribution in [0.5, 0.6) is 0 Å². The maximum absolute atomic E-state index is 2.74. The molecule has 5 heteroatoms. The number of para-hydroxylation sites is 2. The van der Waals surface area contributed by atoms with Gasteiger partial charge in [0.05, 0.1) is 28.1 Å². The molecule has 2 aliphatic rings. The van der Waals surface area contributed by atoms with Crippen LogP contribution in [0.3, 0.4) is 0 Å². The largest absolute Gasteiger partial charge is 0.310 e. The van der Waals surface area contributed by atoms with Gasteiger partial charge in [-0.2, -0.15) is 0 Å². The molecule has 3 nitrogen and oxygen atoms in total. The van der Waals surface area contributed by atoms with E-state index < -0.39 is 0 Å². The van der Waals surface area contributed by atoms with Crippen LogP contribution in [0.4, 0.5) is 34.1 Å². The molecule has 0 saturated carbocycles. The lowest BCUT2D eigenvalue weighted by atomic mass is 9.33. The fourth-order valence-electron chi connectivity index (χ4n) is 19.2. The summed E-state index contributed by atoms with van der Waals surface area (Å²) in [5, 5.41) is 9.74. The lowest BCUT2D eigenvalue weighted by molar-refractivity contribution is 1.16. The van der Waals surface area contributed by atoms with E-state index >= 15 is 0 Å². The minimum Gasteiger partial charge on any atom is -0.310 e. The topological polar surface area (TPSA) is 11.4 Å². The van der Waals surface area contributed by atoms with E-state index in [4.69, 9.17) is 0 Å². The summed E-state index contributed by atoms with van der Waals surface area (Å²) in [7, 11) is 0. The number of hydrogen-bond acceptors (Lipinski definition) is 3. The first-order valence-corrected chi connectivity index (χ1v) is 40.5. The Hall–Kier alpha value is -14.6. The van der Waals surface area contributed by atoms with Gasteiger partial charge in [0.1, 0.15) is 0 Å². The van der Waals surface area contributed by atoms with Gasteiger partial charge < -0.3 is 14.4 Å². The first-order valence-electron chi connectivity index (χ1n) is 39.7. The van der Waals surface area contributed by atoms with Gasteiger partial charge >= 0.3 is 0 Å². The van der Waals surface area contributed by atoms with Crippen LogP contribution in [0, 0.1) is 0 Å². The molecular weight excluding hydrogens is 1410 g/mol. The average molecular weight is 1480 g/mol. The van der Waals surface area contributed by atoms with Crippen molar-refractivity contribution >= 4 is 132 Å². The summed E-state index contributed by atoms with van der Waals surface area (Å²) < 4.78 is 5.10. The van der Waals surface area contributed by atoms with E-state index in [9.17, 15) is 0 Å². The second-order valence-corrected chi connectivity index (χ2v) is 31.5. The van der Waals surface area contributed by atoms with E-state index in [0.717, 1.165) is 129 Å². The molecule has 0 amide bonds. The molecule has 0 bridgehead atoms. The van der Waals surface area contributed by atoms with E-state index in [1.54, 1.807) is 0 Å². The molecule has 0 atom stereocenters. The minimum atomic E-state index is -0.344. The van der Waals surface area contributed by atoms with Crippen molar-refractivity contribution in [3.8, 4) is 106 Å². The van der Waals surface area contributed by atoms with Gasteiger partial charge in [-0.3, -0.25) is 0 Å². The first-order chi connectivity index (χ1) is 57.1. The molecule has 4 heterocycles. The van der Waals surface area contributed by atoms with Crippen LogP contribution < -0.4 is 26.2 Å². The third-order valence-electron chi connectivity index (χ3n) is 24.1. The molecule has 0 spiro atoms. The highest BCUT2D eigenvalue weighted by Crippen LogP contribution is 2.57. The molecule has 0 radical (unpaired) electrons. The van der Waals surface area contributed by atoms with Crippen molar-refractivity contribution in [3.63, 3.8) is 0 Å². The predicted octanol–water partition coefficient (Wildman–Crippen LogP) is 28.5. The molecule has 0 N–H and O–H groups in total. The van der Waals surface area contributed by atoms with Crippen LogP contribution in [0.15, 0.2) is 425 Å². The van der Waals surface area contributed by atoms with Gasteiger partial charge in [-0.25, -0.2) is 0 Å². The number of rotatable bonds is 12. The van der Waals surface area contributed by atoms with Crippen LogP contribution in [-0.4, -0.2) is 11.3 Å². The van der Waals surface area contributed by atoms with Crippen molar-refractivity contribution in [2.75, 3.05) is 9.80 Å². The minimum absolute atomic E-state index is 0.344. The fraction of sp³-hybridized carbons (Fsp3) is 0. The van der Waals surface area contributed by atoms with Crippen LogP contribution in [0.1, 0.15) is 0 Å². The van der Waals surface area contributed by atoms with E-state index in [2.05, 4.69) is 439 Å². The Morgan fingerprint density at radius 1 is 0.209 bits per heavy atom. The van der Waals surface area contributed by atoms with Crippen LogP contribution in [0.2, 0.25) is 0 Å². The van der Waals surface area contributed by atoms with Gasteiger partial charge in [-0.05, 0) is 189 Å². The Morgan fingerprint density at radius 3 is 1.05 bits per heavy atom. The summed E-state index contributed by atoms with van der Waals surface area (Å²) in [4.78, 5) is 5.46. The summed E-state index contributed by atoms with van der Waals surface area (Å²) in [6.45, 7) is -0.344. The fourth-order valence-corrected chi connectivity index (χ4v) is 20.3. The van der Waals surface area contributed by atoms with Gasteiger partial charge in [-0.15, -0.1) is 11.3 Å². The summed E-state index contributed by atoms with van der Waals surface area (Å²) in [5.74, 6) is 0. The van der Waals surface area contributed by atoms with Crippen molar-refractivity contribution in [1.82, 2.24) is 4.57 Å². The van der Waals surface area contributed by atoms with Crippen molar-refractivity contribution in [1.29, 1.82) is 0 Å². The highest BCUT2D eigenvalue weighted by molar-refractivity contribution is 7.26. The van der Waals surface area contributed by atoms with E-state index in [1.165, 1.54) is 91.1 Å². The maximum Gasteiger partial charge on any atom is 0.252 e. The van der Waals surface area contributed by atoms with Gasteiger partial charge in [0.25, 0.3) is 6.71 Å². The van der Waals surface area contributed by atoms with E-state index in [1.807, 2.05) is 11.3 Å². The second kappa shape index (κ2) is 27.1. The lowest BCUT2D eigenvalue weighted by Gasteiger charge is -2.46. The SMILES string of the molecule is c1ccc(-c2cc(-c3ccccc3)c(N3c4ccc(-c5cccc6sc7ccccc7c56)cc4B4c5ccc(-c6c7ccccc7c(-c7ccccc7)c7ccccc67)cc5N(c5c(-c6ccccc6)cc(-c6ccccc6)cc5-c5ccccc5)c5cc(-n6c7ccccc7c7ccccc76)cc3c54)c(-c3ccccc3)c2)cc1. The molecule has 0 saturated heterocycles. The molecule has 0 fully saturated rings. The van der Waals surface area contributed by atoms with Crippen LogP contribution >= 0.6 is 11.3 Å². The van der Waals surface area contributed by atoms with Crippen LogP contribution in [0.25, 0.3) is 169 Å². The Labute approximate surface area is 672 Å². The molecule has 534 valence electrons. The number of nitrogens with zero attached hydrogens (tertiary/aromatic N) is 3.